The van der Waals surface area contributed by atoms with E-state index < -0.39 is 0 Å². The van der Waals surface area contributed by atoms with Crippen molar-refractivity contribution in [2.45, 2.75) is 13.8 Å². The molecule has 0 aromatic carbocycles. The van der Waals surface area contributed by atoms with E-state index in [2.05, 4.69) is 15.1 Å². The first-order valence-corrected chi connectivity index (χ1v) is 4.29. The van der Waals surface area contributed by atoms with E-state index in [4.69, 9.17) is 6.57 Å². The molecule has 0 atom stereocenters. The molecule has 0 fully saturated rings. The van der Waals surface area contributed by atoms with Crippen LogP contribution in [0.2, 0.25) is 0 Å². The Labute approximate surface area is 82.8 Å². The Morgan fingerprint density at radius 1 is 1.57 bits per heavy atom. The molecule has 14 heavy (non-hydrogen) atoms. The summed E-state index contributed by atoms with van der Waals surface area (Å²) >= 11 is 0. The first-order valence-electron chi connectivity index (χ1n) is 4.29. The number of aromatic nitrogens is 1. The Morgan fingerprint density at radius 2 is 2.29 bits per heavy atom. The van der Waals surface area contributed by atoms with Crippen molar-refractivity contribution in [2.75, 3.05) is 5.32 Å². The zero-order valence-corrected chi connectivity index (χ0v) is 8.11. The van der Waals surface area contributed by atoms with Gasteiger partial charge in [0.15, 0.2) is 0 Å². The third kappa shape index (κ3) is 2.56. The third-order valence-electron chi connectivity index (χ3n) is 1.62. The van der Waals surface area contributed by atoms with E-state index in [1.807, 2.05) is 0 Å². The predicted octanol–water partition coefficient (Wildman–Crippen LogP) is 2.23. The van der Waals surface area contributed by atoms with Gasteiger partial charge in [0.05, 0.1) is 0 Å². The van der Waals surface area contributed by atoms with Crippen molar-refractivity contribution < 1.29 is 4.79 Å². The van der Waals surface area contributed by atoms with Crippen LogP contribution >= 0.6 is 0 Å². The van der Waals surface area contributed by atoms with Crippen LogP contribution < -0.4 is 5.32 Å². The highest BCUT2D eigenvalue weighted by Gasteiger charge is 2.09. The number of anilines is 1. The summed E-state index contributed by atoms with van der Waals surface area (Å²) in [7, 11) is 0. The van der Waals surface area contributed by atoms with Gasteiger partial charge in [-0.25, -0.2) is 0 Å². The minimum atomic E-state index is -0.0976. The van der Waals surface area contributed by atoms with E-state index in [0.29, 0.717) is 5.82 Å². The standard InChI is InChI=1S/C10H11N3O/c1-7(2)10(14)13-9-6-4-5-8(11-3)12-9/h4-7H,1-2H3,(H,12,13,14). The molecule has 1 aromatic rings. The number of nitrogens with zero attached hydrogens (tertiary/aromatic N) is 2. The van der Waals surface area contributed by atoms with Gasteiger partial charge in [-0.05, 0) is 6.07 Å². The molecule has 0 bridgehead atoms. The summed E-state index contributed by atoms with van der Waals surface area (Å²) in [6, 6.07) is 4.95. The highest BCUT2D eigenvalue weighted by Crippen LogP contribution is 2.12. The molecule has 0 aliphatic heterocycles. The largest absolute Gasteiger partial charge is 0.361 e. The van der Waals surface area contributed by atoms with Crippen molar-refractivity contribution in [3.8, 4) is 0 Å². The number of rotatable bonds is 2. The molecule has 0 spiro atoms. The van der Waals surface area contributed by atoms with Crippen LogP contribution in [0.15, 0.2) is 18.2 Å². The summed E-state index contributed by atoms with van der Waals surface area (Å²) in [5.74, 6) is 0.525. The Hall–Kier alpha value is -1.89. The van der Waals surface area contributed by atoms with Gasteiger partial charge in [-0.1, -0.05) is 26.5 Å². The first kappa shape index (κ1) is 10.2. The number of pyridine rings is 1. The van der Waals surface area contributed by atoms with Crippen molar-refractivity contribution in [3.05, 3.63) is 29.6 Å². The second kappa shape index (κ2) is 4.38. The Morgan fingerprint density at radius 3 is 2.86 bits per heavy atom. The predicted molar refractivity (Wildman–Crippen MR) is 54.0 cm³/mol. The summed E-state index contributed by atoms with van der Waals surface area (Å²) in [5, 5.41) is 2.62. The summed E-state index contributed by atoms with van der Waals surface area (Å²) in [5.41, 5.74) is 0. The van der Waals surface area contributed by atoms with Gasteiger partial charge in [0.2, 0.25) is 11.7 Å². The summed E-state index contributed by atoms with van der Waals surface area (Å²) < 4.78 is 0. The van der Waals surface area contributed by atoms with Crippen LogP contribution in [-0.2, 0) is 4.79 Å². The molecule has 0 aliphatic carbocycles. The number of carbonyl (C=O) groups is 1. The molecule has 1 rings (SSSR count). The Kier molecular flexibility index (Phi) is 3.19. The third-order valence-corrected chi connectivity index (χ3v) is 1.62. The molecule has 0 aliphatic rings. The van der Waals surface area contributed by atoms with Crippen LogP contribution in [0.5, 0.6) is 0 Å². The Bertz CT molecular complexity index is 379. The van der Waals surface area contributed by atoms with E-state index in [-0.39, 0.29) is 17.6 Å². The van der Waals surface area contributed by atoms with E-state index >= 15 is 0 Å². The number of hydrogen-bond acceptors (Lipinski definition) is 2. The highest BCUT2D eigenvalue weighted by atomic mass is 16.1. The van der Waals surface area contributed by atoms with Crippen LogP contribution in [0.25, 0.3) is 4.85 Å². The van der Waals surface area contributed by atoms with Gasteiger partial charge in [0.1, 0.15) is 0 Å². The number of nitrogens with one attached hydrogen (secondary N) is 1. The molecule has 1 amide bonds. The van der Waals surface area contributed by atoms with Gasteiger partial charge >= 0.3 is 0 Å². The van der Waals surface area contributed by atoms with E-state index in [9.17, 15) is 4.79 Å². The molecular weight excluding hydrogens is 178 g/mol. The van der Waals surface area contributed by atoms with Gasteiger partial charge in [0.25, 0.3) is 5.82 Å². The molecule has 0 radical (unpaired) electrons. The normalized spacial score (nSPS) is 9.57. The lowest BCUT2D eigenvalue weighted by Crippen LogP contribution is -2.18. The smallest absolute Gasteiger partial charge is 0.271 e. The maximum absolute atomic E-state index is 11.3. The zero-order valence-electron chi connectivity index (χ0n) is 8.11. The van der Waals surface area contributed by atoms with Crippen molar-refractivity contribution in [1.29, 1.82) is 0 Å². The summed E-state index contributed by atoms with van der Waals surface area (Å²) in [6.07, 6.45) is 0. The fourth-order valence-electron chi connectivity index (χ4n) is 0.826. The maximum Gasteiger partial charge on any atom is 0.271 e. The molecule has 4 heteroatoms. The number of hydrogen-bond donors (Lipinski definition) is 1. The minimum absolute atomic E-state index is 0.0894. The van der Waals surface area contributed by atoms with Gasteiger partial charge in [0, 0.05) is 12.0 Å². The summed E-state index contributed by atoms with van der Waals surface area (Å²) in [6.45, 7) is 10.4. The van der Waals surface area contributed by atoms with Crippen LogP contribution in [0.4, 0.5) is 11.6 Å². The average Bonchev–Trinajstić information content (AvgIpc) is 2.18. The zero-order chi connectivity index (χ0) is 10.6. The van der Waals surface area contributed by atoms with Crippen LogP contribution in [-0.4, -0.2) is 10.9 Å². The molecule has 1 heterocycles. The number of carbonyl (C=O) groups excluding carboxylic acids is 1. The molecular formula is C10H11N3O. The molecule has 4 nitrogen and oxygen atoms in total. The van der Waals surface area contributed by atoms with E-state index in [1.165, 1.54) is 0 Å². The Balaban J connectivity index is 2.78. The lowest BCUT2D eigenvalue weighted by molar-refractivity contribution is -0.118. The number of amides is 1. The fraction of sp³-hybridized carbons (Fsp3) is 0.300. The quantitative estimate of drug-likeness (QED) is 0.725. The van der Waals surface area contributed by atoms with E-state index in [0.717, 1.165) is 0 Å². The average molecular weight is 189 g/mol. The van der Waals surface area contributed by atoms with Gasteiger partial charge in [-0.2, -0.15) is 0 Å². The van der Waals surface area contributed by atoms with Crippen molar-refractivity contribution >= 4 is 17.5 Å². The van der Waals surface area contributed by atoms with Crippen LogP contribution in [0, 0.1) is 12.5 Å². The highest BCUT2D eigenvalue weighted by molar-refractivity contribution is 5.91. The SMILES string of the molecule is [C-]#[N+]c1cccc(NC(=O)C(C)C)n1. The summed E-state index contributed by atoms with van der Waals surface area (Å²) in [4.78, 5) is 18.4. The maximum atomic E-state index is 11.3. The molecule has 1 aromatic heterocycles. The van der Waals surface area contributed by atoms with Gasteiger partial charge in [-0.15, -0.1) is 4.98 Å². The van der Waals surface area contributed by atoms with Gasteiger partial charge < -0.3 is 4.85 Å². The fourth-order valence-corrected chi connectivity index (χ4v) is 0.826. The molecule has 0 saturated carbocycles. The monoisotopic (exact) mass is 189 g/mol. The van der Waals surface area contributed by atoms with Crippen LogP contribution in [0.1, 0.15) is 13.8 Å². The minimum Gasteiger partial charge on any atom is -0.361 e. The van der Waals surface area contributed by atoms with Gasteiger partial charge in [-0.3, -0.25) is 10.1 Å². The van der Waals surface area contributed by atoms with E-state index in [1.54, 1.807) is 32.0 Å². The molecule has 0 saturated heterocycles. The first-order chi connectivity index (χ1) is 6.63. The molecule has 1 N–H and O–H groups in total. The topological polar surface area (TPSA) is 46.4 Å². The van der Waals surface area contributed by atoms with Crippen molar-refractivity contribution in [2.24, 2.45) is 5.92 Å². The second-order valence-electron chi connectivity index (χ2n) is 3.14. The molecule has 0 unspecified atom stereocenters. The van der Waals surface area contributed by atoms with Crippen LogP contribution in [0.3, 0.4) is 0 Å². The van der Waals surface area contributed by atoms with Crippen molar-refractivity contribution in [3.63, 3.8) is 0 Å². The second-order valence-corrected chi connectivity index (χ2v) is 3.14. The molecule has 72 valence electrons. The van der Waals surface area contributed by atoms with Crippen molar-refractivity contribution in [1.82, 2.24) is 4.98 Å². The lowest BCUT2D eigenvalue weighted by atomic mass is 10.2. The lowest BCUT2D eigenvalue weighted by Gasteiger charge is -2.03.